The molecule has 0 aliphatic heterocycles. The lowest BCUT2D eigenvalue weighted by atomic mass is 9.93. The summed E-state index contributed by atoms with van der Waals surface area (Å²) in [5.74, 6) is -3.41. The van der Waals surface area contributed by atoms with Gasteiger partial charge in [0, 0.05) is 11.1 Å². The molecule has 0 atom stereocenters. The average molecular weight is 366 g/mol. The molecule has 0 radical (unpaired) electrons. The zero-order chi connectivity index (χ0) is 19.7. The first-order valence-corrected chi connectivity index (χ1v) is 7.72. The standard InChI is InChI=1S/C19H14N2O6/c20-16-14(18(24)25)13(15(19(26)27)17(23)21-16)10-7-5-9(6-8-10)11-3-1-2-4-12(11)22/h1-8,22H,(H,24,25)(H,26,27)(H3,20,21,23). The van der Waals surface area contributed by atoms with Gasteiger partial charge in [0.25, 0.3) is 5.56 Å². The van der Waals surface area contributed by atoms with Crippen LogP contribution in [0.1, 0.15) is 20.7 Å². The van der Waals surface area contributed by atoms with Crippen molar-refractivity contribution in [2.45, 2.75) is 0 Å². The Morgan fingerprint density at radius 3 is 1.96 bits per heavy atom. The zero-order valence-corrected chi connectivity index (χ0v) is 13.8. The van der Waals surface area contributed by atoms with Crippen molar-refractivity contribution in [2.24, 2.45) is 0 Å². The number of aromatic nitrogens is 1. The summed E-state index contributed by atoms with van der Waals surface area (Å²) in [4.78, 5) is 37.2. The molecule has 1 heterocycles. The fourth-order valence-corrected chi connectivity index (χ4v) is 2.87. The van der Waals surface area contributed by atoms with Gasteiger partial charge in [-0.05, 0) is 17.2 Å². The van der Waals surface area contributed by atoms with Gasteiger partial charge in [0.2, 0.25) is 0 Å². The highest BCUT2D eigenvalue weighted by atomic mass is 16.4. The van der Waals surface area contributed by atoms with Crippen LogP contribution in [0.25, 0.3) is 22.3 Å². The predicted molar refractivity (Wildman–Crippen MR) is 97.9 cm³/mol. The minimum absolute atomic E-state index is 0.0584. The first-order valence-electron chi connectivity index (χ1n) is 7.72. The molecule has 3 rings (SSSR count). The van der Waals surface area contributed by atoms with Crippen molar-refractivity contribution in [1.29, 1.82) is 0 Å². The number of pyridine rings is 1. The summed E-state index contributed by atoms with van der Waals surface area (Å²) in [6.45, 7) is 0. The van der Waals surface area contributed by atoms with E-state index < -0.39 is 34.4 Å². The number of hydrogen-bond acceptors (Lipinski definition) is 5. The molecule has 0 saturated carbocycles. The zero-order valence-electron chi connectivity index (χ0n) is 13.8. The second-order valence-electron chi connectivity index (χ2n) is 5.70. The molecule has 3 aromatic rings. The van der Waals surface area contributed by atoms with E-state index in [4.69, 9.17) is 5.73 Å². The molecule has 8 heteroatoms. The lowest BCUT2D eigenvalue weighted by molar-refractivity contribution is 0.0695. The first kappa shape index (κ1) is 17.7. The molecule has 136 valence electrons. The molecule has 0 aliphatic carbocycles. The van der Waals surface area contributed by atoms with Gasteiger partial charge in [-0.15, -0.1) is 0 Å². The molecule has 2 aromatic carbocycles. The van der Waals surface area contributed by atoms with Gasteiger partial charge >= 0.3 is 11.9 Å². The molecule has 0 amide bonds. The Balaban J connectivity index is 2.25. The Morgan fingerprint density at radius 2 is 1.41 bits per heavy atom. The smallest absolute Gasteiger partial charge is 0.342 e. The van der Waals surface area contributed by atoms with E-state index in [0.717, 1.165) is 0 Å². The highest BCUT2D eigenvalue weighted by Gasteiger charge is 2.26. The number of anilines is 1. The number of aromatic hydroxyl groups is 1. The molecule has 8 nitrogen and oxygen atoms in total. The third-order valence-corrected chi connectivity index (χ3v) is 4.06. The molecular formula is C19H14N2O6. The van der Waals surface area contributed by atoms with Gasteiger partial charge in [-0.25, -0.2) is 9.59 Å². The number of benzene rings is 2. The predicted octanol–water partition coefficient (Wildman–Crippen LogP) is 2.39. The Bertz CT molecular complexity index is 1120. The van der Waals surface area contributed by atoms with Crippen molar-refractivity contribution in [3.8, 4) is 28.0 Å². The van der Waals surface area contributed by atoms with Crippen molar-refractivity contribution in [3.05, 3.63) is 70.0 Å². The van der Waals surface area contributed by atoms with Gasteiger partial charge in [0.15, 0.2) is 0 Å². The minimum atomic E-state index is -1.57. The van der Waals surface area contributed by atoms with Crippen LogP contribution in [0.3, 0.4) is 0 Å². The van der Waals surface area contributed by atoms with Gasteiger partial charge < -0.3 is 26.0 Å². The second-order valence-corrected chi connectivity index (χ2v) is 5.70. The Kier molecular flexibility index (Phi) is 4.39. The van der Waals surface area contributed by atoms with E-state index in [2.05, 4.69) is 4.98 Å². The minimum Gasteiger partial charge on any atom is -0.507 e. The van der Waals surface area contributed by atoms with Crippen LogP contribution >= 0.6 is 0 Å². The van der Waals surface area contributed by atoms with Crippen molar-refractivity contribution in [1.82, 2.24) is 4.98 Å². The van der Waals surface area contributed by atoms with Crippen LogP contribution in [0.15, 0.2) is 53.3 Å². The highest BCUT2D eigenvalue weighted by Crippen LogP contribution is 2.33. The second kappa shape index (κ2) is 6.68. The van der Waals surface area contributed by atoms with Gasteiger partial charge in [0.1, 0.15) is 22.7 Å². The molecule has 1 aromatic heterocycles. The number of nitrogen functional groups attached to an aromatic ring is 1. The fourth-order valence-electron chi connectivity index (χ4n) is 2.87. The maximum absolute atomic E-state index is 12.0. The third kappa shape index (κ3) is 3.11. The fraction of sp³-hybridized carbons (Fsp3) is 0. The topological polar surface area (TPSA) is 154 Å². The molecule has 27 heavy (non-hydrogen) atoms. The van der Waals surface area contributed by atoms with E-state index >= 15 is 0 Å². The number of H-pyrrole nitrogens is 1. The molecule has 6 N–H and O–H groups in total. The summed E-state index contributed by atoms with van der Waals surface area (Å²) < 4.78 is 0. The normalized spacial score (nSPS) is 10.5. The average Bonchev–Trinajstić information content (AvgIpc) is 2.61. The van der Waals surface area contributed by atoms with Crippen molar-refractivity contribution in [3.63, 3.8) is 0 Å². The number of carboxylic acid groups (broad SMARTS) is 2. The summed E-state index contributed by atoms with van der Waals surface area (Å²) in [7, 11) is 0. The Hall–Kier alpha value is -4.07. The third-order valence-electron chi connectivity index (χ3n) is 4.06. The van der Waals surface area contributed by atoms with Crippen LogP contribution in [0.4, 0.5) is 5.82 Å². The van der Waals surface area contributed by atoms with E-state index in [1.54, 1.807) is 30.3 Å². The number of nitrogens with one attached hydrogen (secondary N) is 1. The molecule has 0 fully saturated rings. The molecule has 0 unspecified atom stereocenters. The van der Waals surface area contributed by atoms with E-state index in [1.165, 1.54) is 18.2 Å². The van der Waals surface area contributed by atoms with Crippen LogP contribution in [-0.2, 0) is 0 Å². The van der Waals surface area contributed by atoms with Crippen molar-refractivity contribution in [2.75, 3.05) is 5.73 Å². The van der Waals surface area contributed by atoms with Gasteiger partial charge in [-0.1, -0.05) is 42.5 Å². The summed E-state index contributed by atoms with van der Waals surface area (Å²) in [6, 6.07) is 12.7. The molecule has 0 saturated heterocycles. The van der Waals surface area contributed by atoms with Gasteiger partial charge in [0.05, 0.1) is 0 Å². The molecule has 0 bridgehead atoms. The number of para-hydroxylation sites is 1. The largest absolute Gasteiger partial charge is 0.507 e. The monoisotopic (exact) mass is 366 g/mol. The van der Waals surface area contributed by atoms with Crippen molar-refractivity contribution < 1.29 is 24.9 Å². The van der Waals surface area contributed by atoms with Crippen LogP contribution in [0.2, 0.25) is 0 Å². The quantitative estimate of drug-likeness (QED) is 0.475. The number of carboxylic acids is 2. The maximum Gasteiger partial charge on any atom is 0.342 e. The number of aromatic amines is 1. The number of rotatable bonds is 4. The molecule has 0 spiro atoms. The number of nitrogens with two attached hydrogens (primary N) is 1. The maximum atomic E-state index is 12.0. The Labute approximate surface area is 152 Å². The molecule has 0 aliphatic rings. The van der Waals surface area contributed by atoms with E-state index in [-0.39, 0.29) is 16.9 Å². The number of phenolic OH excluding ortho intramolecular Hbond substituents is 1. The lowest BCUT2D eigenvalue weighted by Crippen LogP contribution is -2.24. The molecular weight excluding hydrogens is 352 g/mol. The summed E-state index contributed by atoms with van der Waals surface area (Å²) in [6.07, 6.45) is 0. The van der Waals surface area contributed by atoms with E-state index in [0.29, 0.717) is 11.1 Å². The highest BCUT2D eigenvalue weighted by molar-refractivity contribution is 6.07. The van der Waals surface area contributed by atoms with E-state index in [9.17, 15) is 29.7 Å². The number of hydrogen-bond donors (Lipinski definition) is 5. The summed E-state index contributed by atoms with van der Waals surface area (Å²) in [5.41, 5.74) is 4.50. The summed E-state index contributed by atoms with van der Waals surface area (Å²) in [5, 5.41) is 28.8. The number of carbonyl (C=O) groups is 2. The first-order chi connectivity index (χ1) is 12.8. The SMILES string of the molecule is Nc1[nH]c(=O)c(C(=O)O)c(-c2ccc(-c3ccccc3O)cc2)c1C(=O)O. The van der Waals surface area contributed by atoms with E-state index in [1.807, 2.05) is 0 Å². The van der Waals surface area contributed by atoms with Crippen LogP contribution in [0, 0.1) is 0 Å². The van der Waals surface area contributed by atoms with Crippen LogP contribution in [-0.4, -0.2) is 32.2 Å². The lowest BCUT2D eigenvalue weighted by Gasteiger charge is -2.13. The van der Waals surface area contributed by atoms with Gasteiger partial charge in [-0.2, -0.15) is 0 Å². The number of aromatic carboxylic acids is 2. The van der Waals surface area contributed by atoms with Crippen LogP contribution in [0.5, 0.6) is 5.75 Å². The van der Waals surface area contributed by atoms with Crippen molar-refractivity contribution >= 4 is 17.8 Å². The van der Waals surface area contributed by atoms with Crippen LogP contribution < -0.4 is 11.3 Å². The summed E-state index contributed by atoms with van der Waals surface area (Å²) >= 11 is 0. The van der Waals surface area contributed by atoms with Gasteiger partial charge in [-0.3, -0.25) is 4.79 Å². The number of phenols is 1. The Morgan fingerprint density at radius 1 is 0.852 bits per heavy atom.